The Labute approximate surface area is 228 Å². The van der Waals surface area contributed by atoms with Crippen LogP contribution in [0.5, 0.6) is 0 Å². The van der Waals surface area contributed by atoms with Crippen molar-refractivity contribution in [1.82, 2.24) is 19.9 Å². The number of H-pyrrole nitrogens is 2. The van der Waals surface area contributed by atoms with Crippen molar-refractivity contribution in [2.75, 3.05) is 0 Å². The number of aliphatic carboxylic acids is 1. The number of carboxylic acids is 1. The number of fused-ring (bicyclic) bond motifs is 8. The summed E-state index contributed by atoms with van der Waals surface area (Å²) in [6.45, 7) is 18.6. The van der Waals surface area contributed by atoms with Gasteiger partial charge in [0, 0.05) is 39.6 Å². The summed E-state index contributed by atoms with van der Waals surface area (Å²) in [6.07, 6.45) is 5.02. The smallest absolute Gasteiger partial charge is 0.303 e. The maximum absolute atomic E-state index is 11.5. The zero-order valence-electron chi connectivity index (χ0n) is 23.2. The fourth-order valence-electron chi connectivity index (χ4n) is 5.67. The van der Waals surface area contributed by atoms with Gasteiger partial charge in [-0.2, -0.15) is 0 Å². The van der Waals surface area contributed by atoms with Crippen molar-refractivity contribution in [2.45, 2.75) is 53.9 Å². The molecule has 0 aromatic carbocycles. The summed E-state index contributed by atoms with van der Waals surface area (Å²) < 4.78 is 0. The van der Waals surface area contributed by atoms with E-state index in [2.05, 4.69) is 63.0 Å². The van der Waals surface area contributed by atoms with Gasteiger partial charge < -0.3 is 15.1 Å². The standard InChI is InChI=1S/C33H34N4O2/c1-8-21-17(4)25-13-26-18(5)23(10-3)31(35-26)16-32-24(11-12-33(38)39)20(7)28(37-32)15-30-22(9-2)19(6)27(36-30)14-29(21)34-25/h8-9,13-16,34,36H,1-2,10-12H2,3-7H3,(H,38,39). The summed E-state index contributed by atoms with van der Waals surface area (Å²) in [5.41, 5.74) is 15.7. The molecule has 5 rings (SSSR count). The molecule has 6 heteroatoms. The number of hydrogen-bond acceptors (Lipinski definition) is 3. The Kier molecular flexibility index (Phi) is 6.73. The normalized spacial score (nSPS) is 13.3. The Hall–Kier alpha value is -4.45. The van der Waals surface area contributed by atoms with Crippen molar-refractivity contribution in [3.63, 3.8) is 0 Å². The van der Waals surface area contributed by atoms with Gasteiger partial charge >= 0.3 is 5.97 Å². The van der Waals surface area contributed by atoms with E-state index in [0.717, 1.165) is 90.2 Å². The van der Waals surface area contributed by atoms with E-state index in [-0.39, 0.29) is 6.42 Å². The molecule has 6 nitrogen and oxygen atoms in total. The minimum Gasteiger partial charge on any atom is -0.481 e. The molecule has 3 aromatic rings. The van der Waals surface area contributed by atoms with Gasteiger partial charge in [0.05, 0.1) is 22.8 Å². The number of aromatic amines is 2. The second-order valence-corrected chi connectivity index (χ2v) is 10.2. The molecule has 0 saturated heterocycles. The van der Waals surface area contributed by atoms with Gasteiger partial charge in [-0.15, -0.1) is 0 Å². The molecule has 0 radical (unpaired) electrons. The fourth-order valence-corrected chi connectivity index (χ4v) is 5.67. The van der Waals surface area contributed by atoms with Crippen LogP contribution in [0.1, 0.15) is 85.1 Å². The van der Waals surface area contributed by atoms with Crippen LogP contribution in [0.3, 0.4) is 0 Å². The van der Waals surface area contributed by atoms with Gasteiger partial charge in [-0.25, -0.2) is 9.97 Å². The van der Waals surface area contributed by atoms with Gasteiger partial charge in [-0.05, 0) is 98.2 Å². The van der Waals surface area contributed by atoms with E-state index in [1.165, 1.54) is 5.57 Å². The van der Waals surface area contributed by atoms with Crippen LogP contribution in [-0.4, -0.2) is 31.0 Å². The van der Waals surface area contributed by atoms with Crippen molar-refractivity contribution < 1.29 is 9.90 Å². The third-order valence-electron chi connectivity index (χ3n) is 7.98. The summed E-state index contributed by atoms with van der Waals surface area (Å²) in [6, 6.07) is 8.28. The van der Waals surface area contributed by atoms with Crippen molar-refractivity contribution in [1.29, 1.82) is 0 Å². The summed E-state index contributed by atoms with van der Waals surface area (Å²) in [5, 5.41) is 9.42. The van der Waals surface area contributed by atoms with Crippen molar-refractivity contribution in [2.24, 2.45) is 0 Å². The van der Waals surface area contributed by atoms with E-state index in [1.807, 2.05) is 31.2 Å². The zero-order valence-corrected chi connectivity index (χ0v) is 23.2. The van der Waals surface area contributed by atoms with Crippen molar-refractivity contribution >= 4 is 62.5 Å². The largest absolute Gasteiger partial charge is 0.481 e. The van der Waals surface area contributed by atoms with Gasteiger partial charge in [0.15, 0.2) is 0 Å². The molecule has 198 valence electrons. The van der Waals surface area contributed by atoms with E-state index in [4.69, 9.17) is 9.97 Å². The Morgan fingerprint density at radius 3 is 1.79 bits per heavy atom. The number of rotatable bonds is 6. The second-order valence-electron chi connectivity index (χ2n) is 10.2. The Morgan fingerprint density at radius 1 is 0.769 bits per heavy atom. The van der Waals surface area contributed by atoms with Crippen LogP contribution in [-0.2, 0) is 4.79 Å². The van der Waals surface area contributed by atoms with Crippen LogP contribution in [0.4, 0.5) is 0 Å². The highest BCUT2D eigenvalue weighted by atomic mass is 16.4. The Bertz CT molecular complexity index is 1790. The molecule has 39 heavy (non-hydrogen) atoms. The summed E-state index contributed by atoms with van der Waals surface area (Å²) in [7, 11) is 0. The van der Waals surface area contributed by atoms with Crippen molar-refractivity contribution in [3.05, 3.63) is 82.5 Å². The number of aryl methyl sites for hydroxylation is 2. The molecule has 2 aliphatic rings. The number of carboxylic acid groups (broad SMARTS) is 1. The molecule has 3 aromatic heterocycles. The fraction of sp³-hybridized carbons (Fsp3) is 0.242. The molecule has 8 bridgehead atoms. The molecule has 3 N–H and O–H groups in total. The molecular weight excluding hydrogens is 484 g/mol. The molecule has 0 spiro atoms. The van der Waals surface area contributed by atoms with E-state index in [9.17, 15) is 9.90 Å². The molecule has 0 atom stereocenters. The molecule has 0 fully saturated rings. The van der Waals surface area contributed by atoms with Gasteiger partial charge in [-0.1, -0.05) is 32.2 Å². The average molecular weight is 519 g/mol. The maximum Gasteiger partial charge on any atom is 0.303 e. The van der Waals surface area contributed by atoms with E-state index in [1.54, 1.807) is 0 Å². The molecule has 0 saturated carbocycles. The van der Waals surface area contributed by atoms with Crippen LogP contribution in [0.2, 0.25) is 0 Å². The predicted octanol–water partition coefficient (Wildman–Crippen LogP) is 8.35. The van der Waals surface area contributed by atoms with E-state index < -0.39 is 5.97 Å². The van der Waals surface area contributed by atoms with Crippen LogP contribution in [0, 0.1) is 13.8 Å². The lowest BCUT2D eigenvalue weighted by Crippen LogP contribution is -1.95. The quantitative estimate of drug-likeness (QED) is 0.305. The molecular formula is C33H34N4O2. The van der Waals surface area contributed by atoms with E-state index >= 15 is 0 Å². The average Bonchev–Trinajstić information content (AvgIpc) is 3.55. The van der Waals surface area contributed by atoms with Crippen LogP contribution in [0.15, 0.2) is 37.4 Å². The van der Waals surface area contributed by atoms with Gasteiger partial charge in [-0.3, -0.25) is 4.79 Å². The molecule has 0 unspecified atom stereocenters. The van der Waals surface area contributed by atoms with Gasteiger partial charge in [0.25, 0.3) is 0 Å². The minimum atomic E-state index is -0.826. The number of nitrogens with one attached hydrogen (secondary N) is 2. The highest BCUT2D eigenvalue weighted by molar-refractivity contribution is 5.96. The number of carbonyl (C=O) groups is 1. The van der Waals surface area contributed by atoms with Crippen LogP contribution >= 0.6 is 0 Å². The summed E-state index contributed by atoms with van der Waals surface area (Å²) >= 11 is 0. The minimum absolute atomic E-state index is 0.0401. The number of hydrogen-bond donors (Lipinski definition) is 3. The second kappa shape index (κ2) is 10.0. The monoisotopic (exact) mass is 518 g/mol. The lowest BCUT2D eigenvalue weighted by atomic mass is 9.99. The summed E-state index contributed by atoms with van der Waals surface area (Å²) in [4.78, 5) is 28.7. The molecule has 0 aliphatic carbocycles. The van der Waals surface area contributed by atoms with Crippen LogP contribution in [0.25, 0.3) is 56.5 Å². The lowest BCUT2D eigenvalue weighted by Gasteiger charge is -2.04. The van der Waals surface area contributed by atoms with Crippen LogP contribution < -0.4 is 0 Å². The first-order chi connectivity index (χ1) is 18.7. The number of allylic oxidation sites excluding steroid dienone is 4. The lowest BCUT2D eigenvalue weighted by molar-refractivity contribution is -0.136. The summed E-state index contributed by atoms with van der Waals surface area (Å²) in [5.74, 6) is -0.826. The highest BCUT2D eigenvalue weighted by Crippen LogP contribution is 2.37. The molecule has 0 amide bonds. The highest BCUT2D eigenvalue weighted by Gasteiger charge is 2.21. The third kappa shape index (κ3) is 4.46. The number of nitrogens with zero attached hydrogens (tertiary/aromatic N) is 2. The molecule has 5 heterocycles. The maximum atomic E-state index is 11.5. The third-order valence-corrected chi connectivity index (χ3v) is 7.98. The SMILES string of the molecule is C=Cc1c(C)c2cc3[nH]c(cc4nc(cc5nc(cc1[nH]2)C(C)=C5CCC(=O)O)C(CC)=C4C)c(C)c3C=C. The van der Waals surface area contributed by atoms with Gasteiger partial charge in [0.2, 0.25) is 0 Å². The first kappa shape index (κ1) is 26.2. The Balaban J connectivity index is 1.96. The molecule has 2 aliphatic heterocycles. The first-order valence-electron chi connectivity index (χ1n) is 13.3. The topological polar surface area (TPSA) is 94.7 Å². The number of aromatic nitrogens is 4. The predicted molar refractivity (Wildman–Crippen MR) is 163 cm³/mol. The zero-order chi connectivity index (χ0) is 28.0. The van der Waals surface area contributed by atoms with E-state index in [0.29, 0.717) is 6.42 Å². The van der Waals surface area contributed by atoms with Gasteiger partial charge in [0.1, 0.15) is 0 Å². The first-order valence-corrected chi connectivity index (χ1v) is 13.3. The Morgan fingerprint density at radius 2 is 1.26 bits per heavy atom. The van der Waals surface area contributed by atoms with Crippen molar-refractivity contribution in [3.8, 4) is 0 Å².